The average Bonchev–Trinajstić information content (AvgIpc) is 2.33. The lowest BCUT2D eigenvalue weighted by Crippen LogP contribution is -2.16. The molecule has 2 nitrogen and oxygen atoms in total. The number of rotatable bonds is 12. The molecule has 2 heteroatoms. The van der Waals surface area contributed by atoms with E-state index in [9.17, 15) is 4.79 Å². The quantitative estimate of drug-likeness (QED) is 0.352. The summed E-state index contributed by atoms with van der Waals surface area (Å²) in [4.78, 5) is 11.1. The maximum Gasteiger partial charge on any atom is 0.302 e. The van der Waals surface area contributed by atoms with Gasteiger partial charge >= 0.3 is 5.97 Å². The highest BCUT2D eigenvalue weighted by atomic mass is 16.5. The van der Waals surface area contributed by atoms with Gasteiger partial charge in [-0.2, -0.15) is 0 Å². The summed E-state index contributed by atoms with van der Waals surface area (Å²) in [6, 6.07) is 0. The van der Waals surface area contributed by atoms with E-state index in [2.05, 4.69) is 13.8 Å². The highest BCUT2D eigenvalue weighted by Gasteiger charge is 2.11. The second-order valence-electron chi connectivity index (χ2n) is 5.28. The minimum atomic E-state index is -0.121. The van der Waals surface area contributed by atoms with Crippen LogP contribution in [0.3, 0.4) is 0 Å². The molecule has 0 N–H and O–H groups in total. The Balaban J connectivity index is 3.66. The number of carbonyl (C=O) groups excluding carboxylic acids is 1. The zero-order valence-electron chi connectivity index (χ0n) is 12.7. The van der Waals surface area contributed by atoms with Crippen molar-refractivity contribution in [3.05, 3.63) is 0 Å². The molecule has 108 valence electrons. The van der Waals surface area contributed by atoms with Crippen LogP contribution in [0.1, 0.15) is 91.4 Å². The molecule has 1 atom stereocenters. The number of hydrogen-bond donors (Lipinski definition) is 0. The number of carbonyl (C=O) groups is 1. The molecule has 0 spiro atoms. The van der Waals surface area contributed by atoms with E-state index >= 15 is 0 Å². The first-order valence-electron chi connectivity index (χ1n) is 7.87. The van der Waals surface area contributed by atoms with Crippen molar-refractivity contribution in [3.63, 3.8) is 0 Å². The van der Waals surface area contributed by atoms with E-state index in [1.807, 2.05) is 0 Å². The normalized spacial score (nSPS) is 12.4. The summed E-state index contributed by atoms with van der Waals surface area (Å²) < 4.78 is 5.40. The number of esters is 1. The molecule has 0 rings (SSSR count). The van der Waals surface area contributed by atoms with Crippen molar-refractivity contribution in [2.45, 2.75) is 97.5 Å². The summed E-state index contributed by atoms with van der Waals surface area (Å²) in [7, 11) is 0. The van der Waals surface area contributed by atoms with Crippen LogP contribution in [0.15, 0.2) is 0 Å². The molecule has 0 fully saturated rings. The largest absolute Gasteiger partial charge is 0.463 e. The van der Waals surface area contributed by atoms with Crippen LogP contribution in [0, 0.1) is 0 Å². The Morgan fingerprint density at radius 1 is 0.833 bits per heavy atom. The molecule has 18 heavy (non-hydrogen) atoms. The first-order chi connectivity index (χ1) is 8.70. The first kappa shape index (κ1) is 17.5. The summed E-state index contributed by atoms with van der Waals surface area (Å²) >= 11 is 0. The molecular formula is C16H32O2. The van der Waals surface area contributed by atoms with Gasteiger partial charge in [0.1, 0.15) is 6.10 Å². The van der Waals surface area contributed by atoms with Crippen molar-refractivity contribution in [2.24, 2.45) is 0 Å². The Bertz CT molecular complexity index is 190. The fourth-order valence-electron chi connectivity index (χ4n) is 2.27. The number of unbranched alkanes of at least 4 members (excludes halogenated alkanes) is 7. The van der Waals surface area contributed by atoms with Crippen LogP contribution >= 0.6 is 0 Å². The molecule has 0 amide bonds. The van der Waals surface area contributed by atoms with Gasteiger partial charge in [-0.15, -0.1) is 0 Å². The molecule has 0 bridgehead atoms. The van der Waals surface area contributed by atoms with Crippen LogP contribution in [0.25, 0.3) is 0 Å². The summed E-state index contributed by atoms with van der Waals surface area (Å²) in [6.45, 7) is 5.98. The van der Waals surface area contributed by atoms with E-state index in [0.29, 0.717) is 0 Å². The van der Waals surface area contributed by atoms with Gasteiger partial charge in [0.25, 0.3) is 0 Å². The zero-order valence-corrected chi connectivity index (χ0v) is 12.7. The molecule has 1 unspecified atom stereocenters. The fraction of sp³-hybridized carbons (Fsp3) is 0.938. The van der Waals surface area contributed by atoms with Gasteiger partial charge in [-0.25, -0.2) is 0 Å². The Morgan fingerprint density at radius 3 is 1.72 bits per heavy atom. The molecule has 0 aromatic rings. The summed E-state index contributed by atoms with van der Waals surface area (Å²) in [5.41, 5.74) is 0. The van der Waals surface area contributed by atoms with Crippen LogP contribution in [0.2, 0.25) is 0 Å². The molecule has 0 aliphatic carbocycles. The third-order valence-electron chi connectivity index (χ3n) is 3.34. The lowest BCUT2D eigenvalue weighted by atomic mass is 10.0. The number of ether oxygens (including phenoxy) is 1. The van der Waals surface area contributed by atoms with Crippen molar-refractivity contribution in [3.8, 4) is 0 Å². The van der Waals surface area contributed by atoms with Crippen LogP contribution < -0.4 is 0 Å². The lowest BCUT2D eigenvalue weighted by molar-refractivity contribution is -0.147. The molecule has 0 aromatic heterocycles. The highest BCUT2D eigenvalue weighted by Crippen LogP contribution is 2.15. The maximum atomic E-state index is 11.1. The van der Waals surface area contributed by atoms with Crippen LogP contribution in [0.5, 0.6) is 0 Å². The minimum absolute atomic E-state index is 0.121. The highest BCUT2D eigenvalue weighted by molar-refractivity contribution is 5.66. The van der Waals surface area contributed by atoms with Crippen LogP contribution in [-0.2, 0) is 9.53 Å². The summed E-state index contributed by atoms with van der Waals surface area (Å²) in [5.74, 6) is -0.121. The van der Waals surface area contributed by atoms with Crippen molar-refractivity contribution in [1.29, 1.82) is 0 Å². The smallest absolute Gasteiger partial charge is 0.302 e. The molecular weight excluding hydrogens is 224 g/mol. The molecule has 0 aliphatic rings. The fourth-order valence-corrected chi connectivity index (χ4v) is 2.27. The van der Waals surface area contributed by atoms with E-state index < -0.39 is 0 Å². The predicted octanol–water partition coefficient (Wildman–Crippen LogP) is 5.25. The van der Waals surface area contributed by atoms with Crippen molar-refractivity contribution >= 4 is 5.97 Å². The monoisotopic (exact) mass is 256 g/mol. The van der Waals surface area contributed by atoms with Gasteiger partial charge in [-0.05, 0) is 25.7 Å². The van der Waals surface area contributed by atoms with E-state index in [4.69, 9.17) is 4.74 Å². The maximum absolute atomic E-state index is 11.1. The van der Waals surface area contributed by atoms with Gasteiger partial charge in [0.15, 0.2) is 0 Å². The Hall–Kier alpha value is -0.530. The van der Waals surface area contributed by atoms with E-state index in [0.717, 1.165) is 12.8 Å². The van der Waals surface area contributed by atoms with Crippen LogP contribution in [0.4, 0.5) is 0 Å². The lowest BCUT2D eigenvalue weighted by Gasteiger charge is -2.16. The predicted molar refractivity (Wildman–Crippen MR) is 77.7 cm³/mol. The molecule has 0 heterocycles. The molecule has 0 aromatic carbocycles. The van der Waals surface area contributed by atoms with Gasteiger partial charge < -0.3 is 4.74 Å². The van der Waals surface area contributed by atoms with Gasteiger partial charge in [-0.3, -0.25) is 4.79 Å². The third kappa shape index (κ3) is 11.9. The molecule has 0 saturated heterocycles. The summed E-state index contributed by atoms with van der Waals surface area (Å²) in [6.07, 6.45) is 13.7. The Kier molecular flexibility index (Phi) is 12.5. The van der Waals surface area contributed by atoms with Gasteiger partial charge in [0.05, 0.1) is 0 Å². The van der Waals surface area contributed by atoms with Crippen LogP contribution in [-0.4, -0.2) is 12.1 Å². The van der Waals surface area contributed by atoms with Crippen molar-refractivity contribution in [1.82, 2.24) is 0 Å². The Morgan fingerprint density at radius 2 is 1.28 bits per heavy atom. The third-order valence-corrected chi connectivity index (χ3v) is 3.34. The second-order valence-corrected chi connectivity index (χ2v) is 5.28. The second kappa shape index (κ2) is 12.9. The van der Waals surface area contributed by atoms with Gasteiger partial charge in [-0.1, -0.05) is 58.8 Å². The van der Waals surface area contributed by atoms with Crippen molar-refractivity contribution in [2.75, 3.05) is 0 Å². The topological polar surface area (TPSA) is 26.3 Å². The van der Waals surface area contributed by atoms with E-state index in [1.165, 1.54) is 64.7 Å². The first-order valence-corrected chi connectivity index (χ1v) is 7.87. The standard InChI is InChI=1S/C16H32O2/c1-4-6-8-10-12-14-16(18-15(3)17)13-11-9-7-5-2/h16H,4-14H2,1-3H3. The molecule has 0 radical (unpaired) electrons. The average molecular weight is 256 g/mol. The van der Waals surface area contributed by atoms with E-state index in [-0.39, 0.29) is 12.1 Å². The minimum Gasteiger partial charge on any atom is -0.463 e. The van der Waals surface area contributed by atoms with Crippen molar-refractivity contribution < 1.29 is 9.53 Å². The SMILES string of the molecule is CCCCCCCC(CCCCCC)OC(C)=O. The molecule has 0 saturated carbocycles. The van der Waals surface area contributed by atoms with E-state index in [1.54, 1.807) is 0 Å². The molecule has 0 aliphatic heterocycles. The van der Waals surface area contributed by atoms with Gasteiger partial charge in [0.2, 0.25) is 0 Å². The van der Waals surface area contributed by atoms with Gasteiger partial charge in [0, 0.05) is 6.92 Å². The number of hydrogen-bond acceptors (Lipinski definition) is 2. The Labute approximate surface area is 113 Å². The zero-order chi connectivity index (χ0) is 13.6. The summed E-state index contributed by atoms with van der Waals surface area (Å²) in [5, 5.41) is 0.